The van der Waals surface area contributed by atoms with Gasteiger partial charge in [-0.2, -0.15) is 0 Å². The zero-order chi connectivity index (χ0) is 53.1. The molecule has 0 unspecified atom stereocenters. The van der Waals surface area contributed by atoms with Crippen molar-refractivity contribution < 1.29 is 13.0 Å². The molecule has 12 aromatic rings. The molecule has 5 aromatic heterocycles. The van der Waals surface area contributed by atoms with Crippen LogP contribution in [-0.2, 0) is 19.4 Å². The van der Waals surface area contributed by atoms with Gasteiger partial charge in [-0.25, -0.2) is 4.98 Å². The number of ether oxygens (including phenoxy) is 1. The number of benzene rings is 7. The first kappa shape index (κ1) is 35.7. The van der Waals surface area contributed by atoms with Gasteiger partial charge in [-0.3, -0.25) is 9.55 Å². The van der Waals surface area contributed by atoms with Crippen molar-refractivity contribution in [2.75, 3.05) is 16.5 Å². The van der Waals surface area contributed by atoms with E-state index in [1.165, 1.54) is 52.4 Å². The summed E-state index contributed by atoms with van der Waals surface area (Å²) in [7, 11) is 0. The molecule has 0 atom stereocenters. The second kappa shape index (κ2) is 15.3. The van der Waals surface area contributed by atoms with Crippen molar-refractivity contribution in [1.82, 2.24) is 23.7 Å². The van der Waals surface area contributed by atoms with E-state index in [2.05, 4.69) is 80.0 Å². The minimum atomic E-state index is -2.61. The highest BCUT2D eigenvalue weighted by atomic mass is 16.5. The van der Waals surface area contributed by atoms with Gasteiger partial charge in [0.25, 0.3) is 0 Å². The largest absolute Gasteiger partial charge is 0.457 e. The lowest BCUT2D eigenvalue weighted by Gasteiger charge is -2.62. The maximum atomic E-state index is 9.02. The summed E-state index contributed by atoms with van der Waals surface area (Å²) in [6, 6.07) is 57.4. The number of hydrogen-bond donors (Lipinski definition) is 0. The first-order valence-electron chi connectivity index (χ1n) is 28.7. The van der Waals surface area contributed by atoms with Crippen molar-refractivity contribution in [2.45, 2.75) is 37.5 Å². The van der Waals surface area contributed by atoms with Crippen molar-refractivity contribution >= 4 is 88.2 Å². The molecular formula is C65H53N7O. The Morgan fingerprint density at radius 1 is 0.507 bits per heavy atom. The Hall–Kier alpha value is -8.36. The quantitative estimate of drug-likeness (QED) is 0.159. The lowest BCUT2D eigenvalue weighted by atomic mass is 9.42. The van der Waals surface area contributed by atoms with Crippen LogP contribution >= 0.6 is 0 Å². The molecule has 1 aliphatic heterocycles. The van der Waals surface area contributed by atoms with Crippen LogP contribution in [0.15, 0.2) is 188 Å². The molecule has 4 fully saturated rings. The van der Waals surface area contributed by atoms with Crippen molar-refractivity contribution in [3.05, 3.63) is 200 Å². The zero-order valence-electron chi connectivity index (χ0n) is 46.0. The SMILES string of the molecule is [2H]C([2H])([2H])n1c2ccccc2c2cc3c4ccccc4n(C([2H])([2H])[2H])c3c(N3CN(c4cccc(Oc5ccc6c7ccncc7n(-c7cc(C8(c9ccccc9)C9CC%10CC(C9)CC8C%10)ccn7)c6c5)c4)c4ccccc43)c21. The summed E-state index contributed by atoms with van der Waals surface area (Å²) in [6.45, 7) is -4.98. The van der Waals surface area contributed by atoms with E-state index in [4.69, 9.17) is 17.9 Å². The third-order valence-corrected chi connectivity index (χ3v) is 17.6. The molecule has 7 aromatic carbocycles. The van der Waals surface area contributed by atoms with Crippen LogP contribution in [0.25, 0.3) is 71.2 Å². The van der Waals surface area contributed by atoms with Gasteiger partial charge < -0.3 is 23.7 Å². The molecule has 4 aliphatic carbocycles. The van der Waals surface area contributed by atoms with Crippen LogP contribution in [-0.4, -0.2) is 30.3 Å². The predicted octanol–water partition coefficient (Wildman–Crippen LogP) is 15.6. The van der Waals surface area contributed by atoms with E-state index in [1.54, 1.807) is 0 Å². The van der Waals surface area contributed by atoms with Gasteiger partial charge >= 0.3 is 0 Å². The third-order valence-electron chi connectivity index (χ3n) is 17.6. The molecule has 17 rings (SSSR count). The first-order valence-corrected chi connectivity index (χ1v) is 25.7. The summed E-state index contributed by atoms with van der Waals surface area (Å²) < 4.78 is 66.1. The molecule has 0 saturated heterocycles. The number of rotatable bonds is 7. The molecule has 0 spiro atoms. The van der Waals surface area contributed by atoms with E-state index >= 15 is 0 Å². The number of aryl methyl sites for hydroxylation is 2. The van der Waals surface area contributed by atoms with Crippen molar-refractivity contribution in [1.29, 1.82) is 0 Å². The number of para-hydroxylation sites is 4. The van der Waals surface area contributed by atoms with Crippen molar-refractivity contribution in [3.63, 3.8) is 0 Å². The highest BCUT2D eigenvalue weighted by Crippen LogP contribution is 2.65. The number of pyridine rings is 2. The fraction of sp³-hybridized carbons (Fsp3) is 0.200. The summed E-state index contributed by atoms with van der Waals surface area (Å²) in [5.74, 6) is 4.96. The van der Waals surface area contributed by atoms with Crippen molar-refractivity contribution in [2.24, 2.45) is 37.6 Å². The lowest BCUT2D eigenvalue weighted by molar-refractivity contribution is -0.0418. The second-order valence-corrected chi connectivity index (χ2v) is 21.2. The minimum absolute atomic E-state index is 0.0788. The molecule has 8 nitrogen and oxygen atoms in total. The van der Waals surface area contributed by atoms with Crippen LogP contribution in [0.5, 0.6) is 11.5 Å². The normalized spacial score (nSPS) is 22.8. The van der Waals surface area contributed by atoms with Gasteiger partial charge in [-0.1, -0.05) is 84.9 Å². The van der Waals surface area contributed by atoms with Gasteiger partial charge in [0.15, 0.2) is 0 Å². The fourth-order valence-corrected chi connectivity index (χ4v) is 15.0. The Bertz CT molecular complexity index is 4340. The Labute approximate surface area is 431 Å². The number of anilines is 4. The molecule has 8 heteroatoms. The van der Waals surface area contributed by atoms with Crippen LogP contribution in [0, 0.1) is 23.7 Å². The summed E-state index contributed by atoms with van der Waals surface area (Å²) in [5, 5.41) is 5.15. The maximum Gasteiger partial charge on any atom is 0.137 e. The van der Waals surface area contributed by atoms with Crippen LogP contribution in [0.3, 0.4) is 0 Å². The van der Waals surface area contributed by atoms with Crippen molar-refractivity contribution in [3.8, 4) is 17.3 Å². The summed E-state index contributed by atoms with van der Waals surface area (Å²) in [6.07, 6.45) is 12.3. The second-order valence-electron chi connectivity index (χ2n) is 21.2. The van der Waals surface area contributed by atoms with Gasteiger partial charge in [0.2, 0.25) is 0 Å². The van der Waals surface area contributed by atoms with E-state index in [0.29, 0.717) is 51.1 Å². The van der Waals surface area contributed by atoms with Gasteiger partial charge in [0, 0.05) is 101 Å². The summed E-state index contributed by atoms with van der Waals surface area (Å²) in [5.41, 5.74) is 9.60. The molecule has 5 aliphatic rings. The van der Waals surface area contributed by atoms with Crippen LogP contribution in [0.1, 0.15) is 51.5 Å². The van der Waals surface area contributed by atoms with Gasteiger partial charge in [0.05, 0.1) is 45.3 Å². The third kappa shape index (κ3) is 5.77. The van der Waals surface area contributed by atoms with E-state index in [1.807, 2.05) is 128 Å². The Morgan fingerprint density at radius 3 is 1.88 bits per heavy atom. The minimum Gasteiger partial charge on any atom is -0.457 e. The molecular weight excluding hydrogens is 895 g/mol. The standard InChI is InChI=1S/C65H53N7O/c1-68-55-19-8-6-17-49(55)53-37-54-50-18-7-9-20-56(50)69(2)63(54)64(62(53)68)71-39-70(57-21-10-11-22-58(57)71)46-15-12-16-47(35-46)73-48-23-24-51-52-26-27-66-38-60(52)72(59(51)36-48)61-34-43(25-28-67-61)65(42-13-4-3-5-14-42)44-30-40-29-41(32-44)33-45(65)31-40/h3-28,34-38,40-41,44-45H,29-33,39H2,1-2H3/i1D3,2D3. The highest BCUT2D eigenvalue weighted by molar-refractivity contribution is 6.25. The number of nitrogens with zero attached hydrogens (tertiary/aromatic N) is 7. The number of aromatic nitrogens is 5. The number of hydrogen-bond acceptors (Lipinski definition) is 5. The topological polar surface area (TPSA) is 56.3 Å². The van der Waals surface area contributed by atoms with E-state index in [-0.39, 0.29) is 12.1 Å². The fourth-order valence-electron chi connectivity index (χ4n) is 15.0. The summed E-state index contributed by atoms with van der Waals surface area (Å²) >= 11 is 0. The van der Waals surface area contributed by atoms with Crippen LogP contribution < -0.4 is 14.5 Å². The molecule has 0 N–H and O–H groups in total. The lowest BCUT2D eigenvalue weighted by Crippen LogP contribution is -2.56. The molecule has 0 amide bonds. The number of fused-ring (bicyclic) bond motifs is 10. The average molecular weight is 954 g/mol. The predicted molar refractivity (Wildman–Crippen MR) is 297 cm³/mol. The van der Waals surface area contributed by atoms with E-state index < -0.39 is 14.0 Å². The molecule has 4 bridgehead atoms. The Kier molecular flexibility index (Phi) is 7.49. The Balaban J connectivity index is 0.811. The zero-order valence-corrected chi connectivity index (χ0v) is 40.0. The average Bonchev–Trinajstić information content (AvgIpc) is 4.28. The van der Waals surface area contributed by atoms with E-state index in [9.17, 15) is 0 Å². The van der Waals surface area contributed by atoms with Crippen LogP contribution in [0.4, 0.5) is 22.7 Å². The molecule has 354 valence electrons. The highest BCUT2D eigenvalue weighted by Gasteiger charge is 2.58. The smallest absolute Gasteiger partial charge is 0.137 e. The molecule has 6 heterocycles. The van der Waals surface area contributed by atoms with Gasteiger partial charge in [0.1, 0.15) is 24.0 Å². The summed E-state index contributed by atoms with van der Waals surface area (Å²) in [4.78, 5) is 14.1. The first-order chi connectivity index (χ1) is 38.4. The van der Waals surface area contributed by atoms with Gasteiger partial charge in [-0.15, -0.1) is 0 Å². The molecule has 73 heavy (non-hydrogen) atoms. The molecule has 4 saturated carbocycles. The van der Waals surface area contributed by atoms with E-state index in [0.717, 1.165) is 78.1 Å². The maximum absolute atomic E-state index is 9.02. The van der Waals surface area contributed by atoms with Gasteiger partial charge in [-0.05, 0) is 140 Å². The van der Waals surface area contributed by atoms with Crippen LogP contribution in [0.2, 0.25) is 0 Å². The Morgan fingerprint density at radius 2 is 1.15 bits per heavy atom. The monoisotopic (exact) mass is 953 g/mol. The molecule has 0 radical (unpaired) electrons.